The van der Waals surface area contributed by atoms with Gasteiger partial charge in [-0.05, 0) is 36.1 Å². The second kappa shape index (κ2) is 5.69. The zero-order chi connectivity index (χ0) is 17.6. The second-order valence-corrected chi connectivity index (χ2v) is 6.93. The van der Waals surface area contributed by atoms with Crippen LogP contribution in [0.25, 0.3) is 0 Å². The van der Waals surface area contributed by atoms with E-state index < -0.39 is 5.41 Å². The Morgan fingerprint density at radius 2 is 2.04 bits per heavy atom. The molecule has 0 spiro atoms. The number of allylic oxidation sites excluding steroid dienone is 2. The second-order valence-electron chi connectivity index (χ2n) is 6.93. The van der Waals surface area contributed by atoms with Gasteiger partial charge in [-0.3, -0.25) is 9.59 Å². The Kier molecular flexibility index (Phi) is 3.60. The van der Waals surface area contributed by atoms with Gasteiger partial charge in [0, 0.05) is 5.92 Å². The molecule has 5 nitrogen and oxygen atoms in total. The summed E-state index contributed by atoms with van der Waals surface area (Å²) in [5.74, 6) is 0.121. The summed E-state index contributed by atoms with van der Waals surface area (Å²) < 4.78 is 11.2. The topological polar surface area (TPSA) is 69.4 Å². The Labute approximate surface area is 145 Å². The van der Waals surface area contributed by atoms with Crippen LogP contribution in [0.2, 0.25) is 0 Å². The first kappa shape index (κ1) is 15.8. The largest absolute Gasteiger partial charge is 0.470 e. The van der Waals surface area contributed by atoms with Crippen molar-refractivity contribution in [1.82, 2.24) is 5.16 Å². The molecule has 25 heavy (non-hydrogen) atoms. The van der Waals surface area contributed by atoms with Crippen molar-refractivity contribution in [3.8, 4) is 5.88 Å². The normalized spacial score (nSPS) is 27.8. The fourth-order valence-corrected chi connectivity index (χ4v) is 3.97. The summed E-state index contributed by atoms with van der Waals surface area (Å²) in [5, 5.41) is 3.98. The van der Waals surface area contributed by atoms with Crippen molar-refractivity contribution in [2.24, 2.45) is 11.3 Å². The van der Waals surface area contributed by atoms with E-state index in [9.17, 15) is 9.59 Å². The zero-order valence-corrected chi connectivity index (χ0v) is 14.2. The number of Topliss-reactive ketones (excluding diaryl/α,β-unsaturated/α-hetero) is 1. The van der Waals surface area contributed by atoms with Gasteiger partial charge in [-0.25, -0.2) is 0 Å². The molecule has 1 aromatic carbocycles. The van der Waals surface area contributed by atoms with E-state index in [1.807, 2.05) is 43.3 Å². The Balaban J connectivity index is 1.70. The molecule has 1 aromatic heterocycles. The first-order chi connectivity index (χ1) is 12.0. The number of hydrogen-bond acceptors (Lipinski definition) is 5. The molecule has 0 N–H and O–H groups in total. The molecule has 0 bridgehead atoms. The summed E-state index contributed by atoms with van der Waals surface area (Å²) >= 11 is 0. The van der Waals surface area contributed by atoms with Crippen molar-refractivity contribution in [1.29, 1.82) is 0 Å². The standard InChI is InChI=1S/C20H19NO4/c1-12-14-9-6-10-15(22)20(14,2)18(23)16-17(12)25-21-19(16)24-11-13-7-4-3-5-8-13/h3-8,10,12,14H,9,11H2,1-2H3/t12?,14-,20+/m0/s1. The van der Waals surface area contributed by atoms with Gasteiger partial charge in [0.2, 0.25) is 0 Å². The van der Waals surface area contributed by atoms with Crippen molar-refractivity contribution < 1.29 is 18.8 Å². The first-order valence-corrected chi connectivity index (χ1v) is 8.45. The lowest BCUT2D eigenvalue weighted by Crippen LogP contribution is -2.49. The molecule has 0 fully saturated rings. The van der Waals surface area contributed by atoms with Gasteiger partial charge in [-0.1, -0.05) is 43.3 Å². The van der Waals surface area contributed by atoms with E-state index in [2.05, 4.69) is 5.16 Å². The summed E-state index contributed by atoms with van der Waals surface area (Å²) in [4.78, 5) is 25.7. The van der Waals surface area contributed by atoms with E-state index in [0.29, 0.717) is 17.7 Å². The van der Waals surface area contributed by atoms with Crippen LogP contribution in [0.15, 0.2) is 47.0 Å². The lowest BCUT2D eigenvalue weighted by molar-refractivity contribution is -0.124. The minimum atomic E-state index is -1.07. The molecule has 1 unspecified atom stereocenters. The van der Waals surface area contributed by atoms with E-state index in [4.69, 9.17) is 9.26 Å². The van der Waals surface area contributed by atoms with Crippen LogP contribution in [0.5, 0.6) is 5.88 Å². The van der Waals surface area contributed by atoms with Crippen molar-refractivity contribution in [2.45, 2.75) is 32.8 Å². The molecule has 0 radical (unpaired) electrons. The minimum Gasteiger partial charge on any atom is -0.470 e. The van der Waals surface area contributed by atoms with Crippen LogP contribution < -0.4 is 4.74 Å². The summed E-state index contributed by atoms with van der Waals surface area (Å²) in [6.07, 6.45) is 4.03. The molecule has 0 saturated carbocycles. The van der Waals surface area contributed by atoms with Crippen LogP contribution in [0, 0.1) is 11.3 Å². The number of fused-ring (bicyclic) bond motifs is 2. The molecule has 2 aliphatic carbocycles. The highest BCUT2D eigenvalue weighted by molar-refractivity contribution is 6.20. The molecule has 5 heteroatoms. The molecule has 3 atom stereocenters. The highest BCUT2D eigenvalue weighted by Gasteiger charge is 2.56. The van der Waals surface area contributed by atoms with Gasteiger partial charge < -0.3 is 9.26 Å². The predicted molar refractivity (Wildman–Crippen MR) is 90.4 cm³/mol. The van der Waals surface area contributed by atoms with Crippen LogP contribution >= 0.6 is 0 Å². The van der Waals surface area contributed by atoms with E-state index >= 15 is 0 Å². The molecular formula is C20H19NO4. The monoisotopic (exact) mass is 337 g/mol. The van der Waals surface area contributed by atoms with Crippen LogP contribution in [0.3, 0.4) is 0 Å². The van der Waals surface area contributed by atoms with Crippen molar-refractivity contribution in [2.75, 3.05) is 0 Å². The Morgan fingerprint density at radius 3 is 2.80 bits per heavy atom. The number of ketones is 2. The molecule has 1 heterocycles. The number of benzene rings is 1. The fraction of sp³-hybridized carbons (Fsp3) is 0.350. The van der Waals surface area contributed by atoms with Gasteiger partial charge in [0.05, 0.1) is 5.41 Å². The maximum Gasteiger partial charge on any atom is 0.265 e. The summed E-state index contributed by atoms with van der Waals surface area (Å²) in [5.41, 5.74) is 0.222. The first-order valence-electron chi connectivity index (χ1n) is 8.45. The molecule has 4 rings (SSSR count). The quantitative estimate of drug-likeness (QED) is 0.799. The number of carbonyl (C=O) groups excluding carboxylic acids is 2. The van der Waals surface area contributed by atoms with E-state index in [0.717, 1.165) is 5.56 Å². The average molecular weight is 337 g/mol. The van der Waals surface area contributed by atoms with Crippen LogP contribution in [-0.4, -0.2) is 16.7 Å². The molecule has 0 amide bonds. The highest BCUT2D eigenvalue weighted by Crippen LogP contribution is 2.52. The third-order valence-corrected chi connectivity index (χ3v) is 5.53. The summed E-state index contributed by atoms with van der Waals surface area (Å²) in [6, 6.07) is 9.63. The van der Waals surface area contributed by atoms with Crippen molar-refractivity contribution in [3.05, 3.63) is 59.4 Å². The van der Waals surface area contributed by atoms with E-state index in [-0.39, 0.29) is 35.9 Å². The molecule has 128 valence electrons. The lowest BCUT2D eigenvalue weighted by Gasteiger charge is -2.42. The van der Waals surface area contributed by atoms with Gasteiger partial charge in [0.15, 0.2) is 17.3 Å². The molecule has 2 aliphatic rings. The number of ether oxygens (including phenoxy) is 1. The maximum atomic E-state index is 13.2. The SMILES string of the molecule is CC1c2onc(OCc3ccccc3)c2C(=O)[C@@]2(C)C(=O)C=CC[C@@H]12. The van der Waals surface area contributed by atoms with Crippen LogP contribution in [-0.2, 0) is 11.4 Å². The number of hydrogen-bond donors (Lipinski definition) is 0. The molecule has 0 saturated heterocycles. The van der Waals surface area contributed by atoms with E-state index in [1.54, 1.807) is 6.92 Å². The molecular weight excluding hydrogens is 318 g/mol. The van der Waals surface area contributed by atoms with Gasteiger partial charge in [0.25, 0.3) is 5.88 Å². The number of rotatable bonds is 3. The zero-order valence-electron chi connectivity index (χ0n) is 14.2. The van der Waals surface area contributed by atoms with Gasteiger partial charge in [-0.15, -0.1) is 0 Å². The average Bonchev–Trinajstić information content (AvgIpc) is 3.05. The lowest BCUT2D eigenvalue weighted by atomic mass is 9.57. The fourth-order valence-electron chi connectivity index (χ4n) is 3.97. The van der Waals surface area contributed by atoms with Gasteiger partial charge >= 0.3 is 0 Å². The summed E-state index contributed by atoms with van der Waals surface area (Å²) in [7, 11) is 0. The summed E-state index contributed by atoms with van der Waals surface area (Å²) in [6.45, 7) is 4.00. The number of carbonyl (C=O) groups is 2. The third kappa shape index (κ3) is 2.26. The van der Waals surface area contributed by atoms with Gasteiger partial charge in [0.1, 0.15) is 12.2 Å². The Bertz CT molecular complexity index is 867. The van der Waals surface area contributed by atoms with Crippen molar-refractivity contribution >= 4 is 11.6 Å². The Morgan fingerprint density at radius 1 is 1.28 bits per heavy atom. The Hall–Kier alpha value is -2.69. The van der Waals surface area contributed by atoms with Crippen molar-refractivity contribution in [3.63, 3.8) is 0 Å². The highest BCUT2D eigenvalue weighted by atomic mass is 16.5. The van der Waals surface area contributed by atoms with E-state index in [1.165, 1.54) is 6.08 Å². The number of nitrogens with zero attached hydrogens (tertiary/aromatic N) is 1. The molecule has 0 aliphatic heterocycles. The predicted octanol–water partition coefficient (Wildman–Crippen LogP) is 3.70. The number of aromatic nitrogens is 1. The minimum absolute atomic E-state index is 0.0758. The van der Waals surface area contributed by atoms with Gasteiger partial charge in [-0.2, -0.15) is 0 Å². The smallest absolute Gasteiger partial charge is 0.265 e. The van der Waals surface area contributed by atoms with Crippen LogP contribution in [0.1, 0.15) is 47.9 Å². The maximum absolute atomic E-state index is 13.2. The third-order valence-electron chi connectivity index (χ3n) is 5.53. The van der Waals surface area contributed by atoms with Crippen LogP contribution in [0.4, 0.5) is 0 Å². The molecule has 2 aromatic rings.